The standard InChI is InChI=1S/2C9H19N.2CH4O/c2*1-9(2)8-10-6-4-3-5-7-10;2*1-2/h2*9H,3-8H2,1-2H3;2*2H,1H3. The number of aliphatic hydroxyl groups excluding tert-OH is 2. The summed E-state index contributed by atoms with van der Waals surface area (Å²) in [5.41, 5.74) is 0. The van der Waals surface area contributed by atoms with Gasteiger partial charge in [-0.15, -0.1) is 0 Å². The van der Waals surface area contributed by atoms with Gasteiger partial charge in [0.15, 0.2) is 0 Å². The normalized spacial score (nSPS) is 18.8. The van der Waals surface area contributed by atoms with Gasteiger partial charge in [-0.05, 0) is 63.7 Å². The predicted octanol–water partition coefficient (Wildman–Crippen LogP) is 3.47. The Morgan fingerprint density at radius 2 is 0.792 bits per heavy atom. The molecule has 2 N–H and O–H groups in total. The summed E-state index contributed by atoms with van der Waals surface area (Å²) in [4.78, 5) is 5.18. The first-order chi connectivity index (χ1) is 11.6. The zero-order chi connectivity index (χ0) is 18.8. The fourth-order valence-electron chi connectivity index (χ4n) is 3.32. The highest BCUT2D eigenvalue weighted by Crippen LogP contribution is 2.10. The second-order valence-electron chi connectivity index (χ2n) is 7.51. The molecular formula is C20H46N2O2. The minimum atomic E-state index is 0.845. The van der Waals surface area contributed by atoms with Crippen molar-refractivity contribution < 1.29 is 10.2 Å². The van der Waals surface area contributed by atoms with E-state index in [0.29, 0.717) is 0 Å². The van der Waals surface area contributed by atoms with Crippen molar-refractivity contribution in [1.29, 1.82) is 0 Å². The molecule has 2 saturated heterocycles. The first-order valence-corrected chi connectivity index (χ1v) is 9.92. The topological polar surface area (TPSA) is 46.9 Å². The van der Waals surface area contributed by atoms with Gasteiger partial charge < -0.3 is 20.0 Å². The van der Waals surface area contributed by atoms with Gasteiger partial charge in [-0.2, -0.15) is 0 Å². The summed E-state index contributed by atoms with van der Waals surface area (Å²) in [6.45, 7) is 17.2. The van der Waals surface area contributed by atoms with Crippen LogP contribution in [0.25, 0.3) is 0 Å². The van der Waals surface area contributed by atoms with Crippen molar-refractivity contribution >= 4 is 0 Å². The maximum absolute atomic E-state index is 7.00. The van der Waals surface area contributed by atoms with Crippen LogP contribution in [0.5, 0.6) is 0 Å². The predicted molar refractivity (Wildman–Crippen MR) is 107 cm³/mol. The molecule has 0 unspecified atom stereocenters. The van der Waals surface area contributed by atoms with Crippen molar-refractivity contribution in [2.24, 2.45) is 11.8 Å². The van der Waals surface area contributed by atoms with E-state index >= 15 is 0 Å². The molecule has 24 heavy (non-hydrogen) atoms. The third-order valence-corrected chi connectivity index (χ3v) is 4.14. The van der Waals surface area contributed by atoms with Crippen LogP contribution in [0.4, 0.5) is 0 Å². The Labute approximate surface area is 152 Å². The zero-order valence-electron chi connectivity index (χ0n) is 17.4. The smallest absolute Gasteiger partial charge is 0.0319 e. The van der Waals surface area contributed by atoms with Gasteiger partial charge in [0.25, 0.3) is 0 Å². The lowest BCUT2D eigenvalue weighted by molar-refractivity contribution is 0.206. The average molecular weight is 347 g/mol. The van der Waals surface area contributed by atoms with Crippen molar-refractivity contribution in [1.82, 2.24) is 9.80 Å². The van der Waals surface area contributed by atoms with E-state index in [1.54, 1.807) is 0 Å². The number of likely N-dealkylation sites (tertiary alicyclic amines) is 2. The second kappa shape index (κ2) is 19.2. The molecule has 0 spiro atoms. The molecule has 0 aromatic carbocycles. The fourth-order valence-corrected chi connectivity index (χ4v) is 3.32. The van der Waals surface area contributed by atoms with Gasteiger partial charge in [0.1, 0.15) is 0 Å². The molecule has 2 rings (SSSR count). The second-order valence-corrected chi connectivity index (χ2v) is 7.51. The monoisotopic (exact) mass is 346 g/mol. The Morgan fingerprint density at radius 1 is 0.542 bits per heavy atom. The van der Waals surface area contributed by atoms with E-state index in [-0.39, 0.29) is 0 Å². The fraction of sp³-hybridized carbons (Fsp3) is 1.00. The van der Waals surface area contributed by atoms with Crippen LogP contribution < -0.4 is 0 Å². The molecule has 2 fully saturated rings. The quantitative estimate of drug-likeness (QED) is 0.818. The SMILES string of the molecule is CC(C)CN1CCCCC1.CC(C)CN1CCCCC1.CO.CO. The number of aliphatic hydroxyl groups is 2. The summed E-state index contributed by atoms with van der Waals surface area (Å²) >= 11 is 0. The third-order valence-electron chi connectivity index (χ3n) is 4.14. The maximum atomic E-state index is 7.00. The molecular weight excluding hydrogens is 300 g/mol. The molecule has 0 aliphatic carbocycles. The van der Waals surface area contributed by atoms with Crippen molar-refractivity contribution in [2.45, 2.75) is 66.2 Å². The molecule has 2 aliphatic rings. The van der Waals surface area contributed by atoms with E-state index in [4.69, 9.17) is 10.2 Å². The average Bonchev–Trinajstić information content (AvgIpc) is 2.60. The highest BCUT2D eigenvalue weighted by Gasteiger charge is 2.10. The number of rotatable bonds is 4. The van der Waals surface area contributed by atoms with Crippen molar-refractivity contribution in [3.63, 3.8) is 0 Å². The summed E-state index contributed by atoms with van der Waals surface area (Å²) in [6.07, 6.45) is 8.60. The van der Waals surface area contributed by atoms with E-state index in [2.05, 4.69) is 37.5 Å². The summed E-state index contributed by atoms with van der Waals surface area (Å²) in [6, 6.07) is 0. The summed E-state index contributed by atoms with van der Waals surface area (Å²) in [7, 11) is 2.00. The minimum Gasteiger partial charge on any atom is -0.400 e. The van der Waals surface area contributed by atoms with Crippen molar-refractivity contribution in [2.75, 3.05) is 53.5 Å². The highest BCUT2D eigenvalue weighted by molar-refractivity contribution is 4.66. The van der Waals surface area contributed by atoms with Gasteiger partial charge in [-0.25, -0.2) is 0 Å². The number of hydrogen-bond donors (Lipinski definition) is 2. The van der Waals surface area contributed by atoms with Gasteiger partial charge in [-0.1, -0.05) is 40.5 Å². The number of nitrogens with zero attached hydrogens (tertiary/aromatic N) is 2. The van der Waals surface area contributed by atoms with Gasteiger partial charge in [-0.3, -0.25) is 0 Å². The molecule has 0 bridgehead atoms. The maximum Gasteiger partial charge on any atom is 0.0319 e. The zero-order valence-corrected chi connectivity index (χ0v) is 17.4. The molecule has 148 valence electrons. The molecule has 4 nitrogen and oxygen atoms in total. The van der Waals surface area contributed by atoms with Gasteiger partial charge in [0, 0.05) is 27.3 Å². The van der Waals surface area contributed by atoms with Crippen LogP contribution in [0, 0.1) is 11.8 Å². The summed E-state index contributed by atoms with van der Waals surface area (Å²) in [5.74, 6) is 1.69. The lowest BCUT2D eigenvalue weighted by Crippen LogP contribution is -2.32. The molecule has 0 amide bonds. The van der Waals surface area contributed by atoms with Crippen LogP contribution in [0.3, 0.4) is 0 Å². The Morgan fingerprint density at radius 3 is 1.00 bits per heavy atom. The van der Waals surface area contributed by atoms with Crippen molar-refractivity contribution in [3.05, 3.63) is 0 Å². The van der Waals surface area contributed by atoms with Crippen LogP contribution in [0.15, 0.2) is 0 Å². The molecule has 0 radical (unpaired) electrons. The highest BCUT2D eigenvalue weighted by atomic mass is 16.2. The van der Waals surface area contributed by atoms with Gasteiger partial charge in [0.05, 0.1) is 0 Å². The van der Waals surface area contributed by atoms with Crippen LogP contribution >= 0.6 is 0 Å². The van der Waals surface area contributed by atoms with Crippen LogP contribution in [-0.2, 0) is 0 Å². The van der Waals surface area contributed by atoms with E-state index in [1.807, 2.05) is 0 Å². The number of piperidine rings is 2. The van der Waals surface area contributed by atoms with Crippen LogP contribution in [0.2, 0.25) is 0 Å². The van der Waals surface area contributed by atoms with E-state index in [1.165, 1.54) is 77.8 Å². The van der Waals surface area contributed by atoms with Crippen molar-refractivity contribution in [3.8, 4) is 0 Å². The number of hydrogen-bond acceptors (Lipinski definition) is 4. The Balaban J connectivity index is 0. The van der Waals surface area contributed by atoms with Gasteiger partial charge in [0.2, 0.25) is 0 Å². The van der Waals surface area contributed by atoms with Crippen LogP contribution in [-0.4, -0.2) is 73.5 Å². The lowest BCUT2D eigenvalue weighted by Gasteiger charge is -2.27. The molecule has 0 atom stereocenters. The molecule has 4 heteroatoms. The Hall–Kier alpha value is -0.160. The van der Waals surface area contributed by atoms with E-state index in [0.717, 1.165) is 26.1 Å². The minimum absolute atomic E-state index is 0.845. The van der Waals surface area contributed by atoms with E-state index < -0.39 is 0 Å². The molecule has 2 heterocycles. The molecule has 0 aromatic heterocycles. The Bertz CT molecular complexity index is 200. The largest absolute Gasteiger partial charge is 0.400 e. The third kappa shape index (κ3) is 16.7. The molecule has 0 saturated carbocycles. The van der Waals surface area contributed by atoms with Gasteiger partial charge >= 0.3 is 0 Å². The first kappa shape index (κ1) is 26.1. The molecule has 2 aliphatic heterocycles. The Kier molecular flexibility index (Phi) is 20.8. The molecule has 0 aromatic rings. The van der Waals surface area contributed by atoms with E-state index in [9.17, 15) is 0 Å². The summed E-state index contributed by atoms with van der Waals surface area (Å²) < 4.78 is 0. The van der Waals surface area contributed by atoms with Crippen LogP contribution in [0.1, 0.15) is 66.2 Å². The summed E-state index contributed by atoms with van der Waals surface area (Å²) in [5, 5.41) is 14.0. The lowest BCUT2D eigenvalue weighted by atomic mass is 10.1. The first-order valence-electron chi connectivity index (χ1n) is 9.92.